The van der Waals surface area contributed by atoms with Crippen molar-refractivity contribution in [3.8, 4) is 5.75 Å². The van der Waals surface area contributed by atoms with Crippen molar-refractivity contribution in [2.75, 3.05) is 21.2 Å². The van der Waals surface area contributed by atoms with Gasteiger partial charge in [0.25, 0.3) is 5.91 Å². The zero-order valence-electron chi connectivity index (χ0n) is 14.2. The predicted octanol–water partition coefficient (Wildman–Crippen LogP) is 2.26. The molecule has 0 aliphatic heterocycles. The molecular formula is C19H22N2O3. The molecule has 2 aromatic rings. The Kier molecular flexibility index (Phi) is 5.95. The van der Waals surface area contributed by atoms with Gasteiger partial charge in [0, 0.05) is 31.8 Å². The molecule has 0 heterocycles. The molecular weight excluding hydrogens is 304 g/mol. The van der Waals surface area contributed by atoms with Crippen molar-refractivity contribution in [3.63, 3.8) is 0 Å². The normalized spacial score (nSPS) is 10.1. The first-order chi connectivity index (χ1) is 11.5. The van der Waals surface area contributed by atoms with E-state index in [9.17, 15) is 9.59 Å². The van der Waals surface area contributed by atoms with E-state index in [1.165, 1.54) is 0 Å². The van der Waals surface area contributed by atoms with E-state index in [0.29, 0.717) is 17.9 Å². The quantitative estimate of drug-likeness (QED) is 0.886. The highest BCUT2D eigenvalue weighted by molar-refractivity contribution is 5.93. The summed E-state index contributed by atoms with van der Waals surface area (Å²) in [4.78, 5) is 25.6. The maximum Gasteiger partial charge on any atom is 0.251 e. The summed E-state index contributed by atoms with van der Waals surface area (Å²) in [6, 6.07) is 14.7. The molecule has 0 radical (unpaired) electrons. The highest BCUT2D eigenvalue weighted by Gasteiger charge is 2.13. The Labute approximate surface area is 142 Å². The molecule has 24 heavy (non-hydrogen) atoms. The number of ether oxygens (including phenoxy) is 1. The number of methoxy groups -OCH3 is 1. The smallest absolute Gasteiger partial charge is 0.251 e. The molecule has 2 amide bonds. The van der Waals surface area contributed by atoms with E-state index < -0.39 is 0 Å². The maximum absolute atomic E-state index is 12.4. The average molecular weight is 326 g/mol. The molecule has 1 N–H and O–H groups in total. The molecule has 0 unspecified atom stereocenters. The average Bonchev–Trinajstić information content (AvgIpc) is 2.62. The number of nitrogens with zero attached hydrogens (tertiary/aromatic N) is 1. The second kappa shape index (κ2) is 8.15. The lowest BCUT2D eigenvalue weighted by Crippen LogP contribution is -2.28. The fourth-order valence-electron chi connectivity index (χ4n) is 2.41. The minimum Gasteiger partial charge on any atom is -0.496 e. The summed E-state index contributed by atoms with van der Waals surface area (Å²) in [5.74, 6) is 0.603. The number of carbonyl (C=O) groups excluding carboxylic acids is 2. The van der Waals surface area contributed by atoms with Crippen LogP contribution in [-0.4, -0.2) is 37.9 Å². The van der Waals surface area contributed by atoms with Crippen molar-refractivity contribution in [2.45, 2.75) is 13.0 Å². The van der Waals surface area contributed by atoms with Gasteiger partial charge >= 0.3 is 0 Å². The summed E-state index contributed by atoms with van der Waals surface area (Å²) in [6.07, 6.45) is 0.289. The van der Waals surface area contributed by atoms with Gasteiger partial charge in [-0.2, -0.15) is 0 Å². The SMILES string of the molecule is CNC(=O)c1ccc(CN(C)C(=O)Cc2ccccc2OC)cc1. The van der Waals surface area contributed by atoms with Gasteiger partial charge in [0.1, 0.15) is 5.75 Å². The van der Waals surface area contributed by atoms with Crippen LogP contribution >= 0.6 is 0 Å². The van der Waals surface area contributed by atoms with Crippen LogP contribution in [0.4, 0.5) is 0 Å². The number of carbonyl (C=O) groups is 2. The van der Waals surface area contributed by atoms with Crippen LogP contribution < -0.4 is 10.1 Å². The molecule has 0 bridgehead atoms. The van der Waals surface area contributed by atoms with Crippen molar-refractivity contribution >= 4 is 11.8 Å². The number of nitrogens with one attached hydrogen (secondary N) is 1. The lowest BCUT2D eigenvalue weighted by molar-refractivity contribution is -0.129. The van der Waals surface area contributed by atoms with Gasteiger partial charge in [0.15, 0.2) is 0 Å². The van der Waals surface area contributed by atoms with E-state index in [4.69, 9.17) is 4.74 Å². The van der Waals surface area contributed by atoms with Crippen LogP contribution in [0.25, 0.3) is 0 Å². The van der Waals surface area contributed by atoms with Gasteiger partial charge in [-0.1, -0.05) is 30.3 Å². The van der Waals surface area contributed by atoms with E-state index in [1.807, 2.05) is 36.4 Å². The van der Waals surface area contributed by atoms with Crippen LogP contribution in [0.5, 0.6) is 5.75 Å². The van der Waals surface area contributed by atoms with Gasteiger partial charge in [-0.05, 0) is 23.8 Å². The minimum atomic E-state index is -0.123. The third kappa shape index (κ3) is 4.35. The molecule has 0 aliphatic rings. The van der Waals surface area contributed by atoms with Gasteiger partial charge in [0.05, 0.1) is 13.5 Å². The third-order valence-corrected chi connectivity index (χ3v) is 3.82. The van der Waals surface area contributed by atoms with Crippen LogP contribution in [-0.2, 0) is 17.8 Å². The predicted molar refractivity (Wildman–Crippen MR) is 93.0 cm³/mol. The summed E-state index contributed by atoms with van der Waals surface area (Å²) >= 11 is 0. The van der Waals surface area contributed by atoms with Crippen LogP contribution in [0, 0.1) is 0 Å². The molecule has 2 rings (SSSR count). The topological polar surface area (TPSA) is 58.6 Å². The summed E-state index contributed by atoms with van der Waals surface area (Å²) in [6.45, 7) is 0.488. The number of benzene rings is 2. The largest absolute Gasteiger partial charge is 0.496 e. The van der Waals surface area contributed by atoms with Crippen molar-refractivity contribution in [1.82, 2.24) is 10.2 Å². The first-order valence-electron chi connectivity index (χ1n) is 7.72. The molecule has 0 spiro atoms. The molecule has 0 fully saturated rings. The van der Waals surface area contributed by atoms with Gasteiger partial charge in [-0.15, -0.1) is 0 Å². The van der Waals surface area contributed by atoms with Crippen LogP contribution in [0.15, 0.2) is 48.5 Å². The lowest BCUT2D eigenvalue weighted by Gasteiger charge is -2.18. The molecule has 0 saturated heterocycles. The third-order valence-electron chi connectivity index (χ3n) is 3.82. The minimum absolute atomic E-state index is 0.00915. The second-order valence-electron chi connectivity index (χ2n) is 5.51. The molecule has 0 saturated carbocycles. The number of amides is 2. The second-order valence-corrected chi connectivity index (χ2v) is 5.51. The molecule has 5 nitrogen and oxygen atoms in total. The molecule has 126 valence electrons. The molecule has 5 heteroatoms. The highest BCUT2D eigenvalue weighted by Crippen LogP contribution is 2.18. The van der Waals surface area contributed by atoms with Gasteiger partial charge < -0.3 is 15.0 Å². The Bertz CT molecular complexity index is 711. The highest BCUT2D eigenvalue weighted by atomic mass is 16.5. The summed E-state index contributed by atoms with van der Waals surface area (Å²) < 4.78 is 5.28. The molecule has 2 aromatic carbocycles. The Balaban J connectivity index is 2.00. The van der Waals surface area contributed by atoms with Crippen LogP contribution in [0.2, 0.25) is 0 Å². The Morgan fingerprint density at radius 3 is 2.38 bits per heavy atom. The van der Waals surface area contributed by atoms with E-state index in [-0.39, 0.29) is 18.2 Å². The van der Waals surface area contributed by atoms with E-state index in [2.05, 4.69) is 5.32 Å². The zero-order valence-corrected chi connectivity index (χ0v) is 14.2. The fourth-order valence-corrected chi connectivity index (χ4v) is 2.41. The first kappa shape index (κ1) is 17.5. The Morgan fingerprint density at radius 2 is 1.75 bits per heavy atom. The number of para-hydroxylation sites is 1. The molecule has 0 aromatic heterocycles. The van der Waals surface area contributed by atoms with Gasteiger partial charge in [0.2, 0.25) is 5.91 Å². The monoisotopic (exact) mass is 326 g/mol. The zero-order chi connectivity index (χ0) is 17.5. The maximum atomic E-state index is 12.4. The van der Waals surface area contributed by atoms with Crippen LogP contribution in [0.1, 0.15) is 21.5 Å². The van der Waals surface area contributed by atoms with E-state index >= 15 is 0 Å². The number of rotatable bonds is 6. The Hall–Kier alpha value is -2.82. The van der Waals surface area contributed by atoms with Gasteiger partial charge in [-0.3, -0.25) is 9.59 Å². The number of hydrogen-bond donors (Lipinski definition) is 1. The first-order valence-corrected chi connectivity index (χ1v) is 7.72. The molecule has 0 atom stereocenters. The number of likely N-dealkylation sites (N-methyl/N-ethyl adjacent to an activating group) is 1. The van der Waals surface area contributed by atoms with Crippen LogP contribution in [0.3, 0.4) is 0 Å². The van der Waals surface area contributed by atoms with Crippen molar-refractivity contribution in [3.05, 3.63) is 65.2 Å². The summed E-state index contributed by atoms with van der Waals surface area (Å²) in [5.41, 5.74) is 2.44. The molecule has 0 aliphatic carbocycles. The van der Waals surface area contributed by atoms with Crippen molar-refractivity contribution in [2.24, 2.45) is 0 Å². The lowest BCUT2D eigenvalue weighted by atomic mass is 10.1. The summed E-state index contributed by atoms with van der Waals surface area (Å²) in [7, 11) is 4.96. The fraction of sp³-hybridized carbons (Fsp3) is 0.263. The van der Waals surface area contributed by atoms with Crippen molar-refractivity contribution in [1.29, 1.82) is 0 Å². The standard InChI is InChI=1S/C19H22N2O3/c1-20-19(23)15-10-8-14(9-11-15)13-21(2)18(22)12-16-6-4-5-7-17(16)24-3/h4-11H,12-13H2,1-3H3,(H,20,23). The number of hydrogen-bond acceptors (Lipinski definition) is 3. The Morgan fingerprint density at radius 1 is 1.08 bits per heavy atom. The van der Waals surface area contributed by atoms with E-state index in [1.54, 1.807) is 38.2 Å². The van der Waals surface area contributed by atoms with Gasteiger partial charge in [-0.25, -0.2) is 0 Å². The van der Waals surface area contributed by atoms with E-state index in [0.717, 1.165) is 11.1 Å². The summed E-state index contributed by atoms with van der Waals surface area (Å²) in [5, 5.41) is 2.58. The van der Waals surface area contributed by atoms with Crippen molar-refractivity contribution < 1.29 is 14.3 Å².